The van der Waals surface area contributed by atoms with Crippen LogP contribution in [0.2, 0.25) is 0 Å². The van der Waals surface area contributed by atoms with Gasteiger partial charge in [-0.15, -0.1) is 0 Å². The number of ether oxygens (including phenoxy) is 1. The summed E-state index contributed by atoms with van der Waals surface area (Å²) in [6.07, 6.45) is 0. The molecule has 16 heavy (non-hydrogen) atoms. The van der Waals surface area contributed by atoms with Gasteiger partial charge in [-0.25, -0.2) is 0 Å². The van der Waals surface area contributed by atoms with E-state index in [1.54, 1.807) is 18.9 Å². The van der Waals surface area contributed by atoms with Crippen LogP contribution < -0.4 is 4.74 Å². The van der Waals surface area contributed by atoms with Crippen LogP contribution in [0.15, 0.2) is 12.1 Å². The van der Waals surface area contributed by atoms with Gasteiger partial charge in [0.1, 0.15) is 5.75 Å². The molecule has 0 atom stereocenters. The van der Waals surface area contributed by atoms with E-state index in [1.165, 1.54) is 0 Å². The third-order valence-corrected chi connectivity index (χ3v) is 3.35. The molecule has 0 aliphatic carbocycles. The zero-order chi connectivity index (χ0) is 12.1. The quantitative estimate of drug-likeness (QED) is 0.737. The molecule has 0 aromatic heterocycles. The molecule has 0 radical (unpaired) electrons. The largest absolute Gasteiger partial charge is 0.496 e. The number of hydrogen-bond acceptors (Lipinski definition) is 3. The van der Waals surface area contributed by atoms with Crippen LogP contribution in [0.3, 0.4) is 0 Å². The van der Waals surface area contributed by atoms with E-state index in [0.717, 1.165) is 28.2 Å². The van der Waals surface area contributed by atoms with Gasteiger partial charge in [-0.3, -0.25) is 4.79 Å². The summed E-state index contributed by atoms with van der Waals surface area (Å²) in [4.78, 5) is 11.9. The van der Waals surface area contributed by atoms with Crippen LogP contribution in [0.25, 0.3) is 0 Å². The Morgan fingerprint density at radius 3 is 2.56 bits per heavy atom. The molecule has 0 saturated carbocycles. The second-order valence-electron chi connectivity index (χ2n) is 3.70. The molecule has 0 spiro atoms. The fourth-order valence-corrected chi connectivity index (χ4v) is 2.13. The summed E-state index contributed by atoms with van der Waals surface area (Å²) in [5, 5.41) is 0. The molecule has 0 fully saturated rings. The summed E-state index contributed by atoms with van der Waals surface area (Å²) in [7, 11) is 1.65. The van der Waals surface area contributed by atoms with Gasteiger partial charge in [0.05, 0.1) is 12.9 Å². The summed E-state index contributed by atoms with van der Waals surface area (Å²) in [5.41, 5.74) is 2.82. The van der Waals surface area contributed by atoms with Gasteiger partial charge in [0, 0.05) is 5.56 Å². The Morgan fingerprint density at radius 2 is 2.00 bits per heavy atom. The van der Waals surface area contributed by atoms with E-state index < -0.39 is 0 Å². The maximum atomic E-state index is 11.9. The lowest BCUT2D eigenvalue weighted by molar-refractivity contribution is 0.102. The van der Waals surface area contributed by atoms with Crippen molar-refractivity contribution in [2.24, 2.45) is 0 Å². The molecule has 0 aliphatic rings. The van der Waals surface area contributed by atoms with Gasteiger partial charge in [-0.2, -0.15) is 11.8 Å². The first-order valence-electron chi connectivity index (χ1n) is 5.36. The van der Waals surface area contributed by atoms with E-state index in [0.29, 0.717) is 5.75 Å². The van der Waals surface area contributed by atoms with E-state index in [2.05, 4.69) is 6.92 Å². The Bertz CT molecular complexity index is 386. The van der Waals surface area contributed by atoms with E-state index in [4.69, 9.17) is 4.74 Å². The lowest BCUT2D eigenvalue weighted by atomic mass is 10.0. The number of thioether (sulfide) groups is 1. The first-order chi connectivity index (χ1) is 7.60. The Kier molecular flexibility index (Phi) is 4.87. The topological polar surface area (TPSA) is 26.3 Å². The number of benzene rings is 1. The monoisotopic (exact) mass is 238 g/mol. The van der Waals surface area contributed by atoms with Gasteiger partial charge >= 0.3 is 0 Å². The number of ketones is 1. The first kappa shape index (κ1) is 13.1. The van der Waals surface area contributed by atoms with E-state index in [9.17, 15) is 4.79 Å². The number of hydrogen-bond donors (Lipinski definition) is 0. The maximum absolute atomic E-state index is 11.9. The summed E-state index contributed by atoms with van der Waals surface area (Å²) in [6, 6.07) is 3.85. The van der Waals surface area contributed by atoms with Crippen molar-refractivity contribution in [1.29, 1.82) is 0 Å². The van der Waals surface area contributed by atoms with Crippen LogP contribution in [0.4, 0.5) is 0 Å². The molecule has 0 saturated heterocycles. The minimum atomic E-state index is 0.204. The number of Topliss-reactive ketones (excluding diaryl/α,β-unsaturated/α-hetero) is 1. The van der Waals surface area contributed by atoms with E-state index in [1.807, 2.05) is 26.0 Å². The van der Waals surface area contributed by atoms with Crippen LogP contribution in [-0.2, 0) is 0 Å². The van der Waals surface area contributed by atoms with Crippen molar-refractivity contribution < 1.29 is 9.53 Å². The summed E-state index contributed by atoms with van der Waals surface area (Å²) < 4.78 is 5.23. The highest BCUT2D eigenvalue weighted by Gasteiger charge is 2.11. The molecule has 88 valence electrons. The van der Waals surface area contributed by atoms with Gasteiger partial charge in [0.2, 0.25) is 0 Å². The lowest BCUT2D eigenvalue weighted by Gasteiger charge is -2.10. The van der Waals surface area contributed by atoms with E-state index in [-0.39, 0.29) is 5.78 Å². The van der Waals surface area contributed by atoms with Gasteiger partial charge in [0.15, 0.2) is 5.78 Å². The molecule has 1 aromatic carbocycles. The SMILES string of the molecule is CCSCC(=O)c1cc(C)c(OC)cc1C. The highest BCUT2D eigenvalue weighted by molar-refractivity contribution is 7.99. The number of methoxy groups -OCH3 is 1. The summed E-state index contributed by atoms with van der Waals surface area (Å²) in [6.45, 7) is 5.97. The molecule has 0 unspecified atom stereocenters. The molecule has 0 N–H and O–H groups in total. The third-order valence-electron chi connectivity index (χ3n) is 2.48. The second-order valence-corrected chi connectivity index (χ2v) is 4.97. The van der Waals surface area contributed by atoms with Crippen LogP contribution in [0, 0.1) is 13.8 Å². The molecule has 0 bridgehead atoms. The van der Waals surface area contributed by atoms with Crippen LogP contribution in [0.1, 0.15) is 28.4 Å². The predicted octanol–water partition coefficient (Wildman–Crippen LogP) is 3.25. The maximum Gasteiger partial charge on any atom is 0.172 e. The molecule has 0 heterocycles. The number of carbonyl (C=O) groups excluding carboxylic acids is 1. The predicted molar refractivity (Wildman–Crippen MR) is 69.8 cm³/mol. The minimum absolute atomic E-state index is 0.204. The highest BCUT2D eigenvalue weighted by atomic mass is 32.2. The molecule has 0 amide bonds. The minimum Gasteiger partial charge on any atom is -0.496 e. The smallest absolute Gasteiger partial charge is 0.172 e. The molecular weight excluding hydrogens is 220 g/mol. The van der Waals surface area contributed by atoms with Crippen molar-refractivity contribution in [3.8, 4) is 5.75 Å². The van der Waals surface area contributed by atoms with Gasteiger partial charge in [-0.05, 0) is 42.9 Å². The Morgan fingerprint density at radius 1 is 1.31 bits per heavy atom. The van der Waals surface area contributed by atoms with Gasteiger partial charge < -0.3 is 4.74 Å². The highest BCUT2D eigenvalue weighted by Crippen LogP contribution is 2.23. The standard InChI is InChI=1S/C13H18O2S/c1-5-16-8-12(14)11-6-10(3)13(15-4)7-9(11)2/h6-7H,5,8H2,1-4H3. The Hall–Kier alpha value is -0.960. The molecule has 0 aliphatic heterocycles. The van der Waals surface area contributed by atoms with Crippen LogP contribution in [0.5, 0.6) is 5.75 Å². The van der Waals surface area contributed by atoms with Crippen LogP contribution >= 0.6 is 11.8 Å². The Balaban J connectivity index is 2.97. The number of rotatable bonds is 5. The molecular formula is C13H18O2S. The first-order valence-corrected chi connectivity index (χ1v) is 6.51. The summed E-state index contributed by atoms with van der Waals surface area (Å²) >= 11 is 1.65. The molecule has 2 nitrogen and oxygen atoms in total. The fourth-order valence-electron chi connectivity index (χ4n) is 1.58. The molecule has 3 heteroatoms. The van der Waals surface area contributed by atoms with Crippen LogP contribution in [-0.4, -0.2) is 24.4 Å². The fraction of sp³-hybridized carbons (Fsp3) is 0.462. The van der Waals surface area contributed by atoms with Crippen molar-refractivity contribution >= 4 is 17.5 Å². The average Bonchev–Trinajstić information content (AvgIpc) is 2.28. The second kappa shape index (κ2) is 5.94. The van der Waals surface area contributed by atoms with Gasteiger partial charge in [-0.1, -0.05) is 6.92 Å². The molecule has 1 aromatic rings. The van der Waals surface area contributed by atoms with Gasteiger partial charge in [0.25, 0.3) is 0 Å². The van der Waals surface area contributed by atoms with Crippen molar-refractivity contribution in [2.45, 2.75) is 20.8 Å². The Labute approximate surface area is 101 Å². The third kappa shape index (κ3) is 3.01. The summed E-state index contributed by atoms with van der Waals surface area (Å²) in [5.74, 6) is 2.58. The van der Waals surface area contributed by atoms with Crippen molar-refractivity contribution in [3.63, 3.8) is 0 Å². The van der Waals surface area contributed by atoms with Crippen molar-refractivity contribution in [2.75, 3.05) is 18.6 Å². The zero-order valence-corrected chi connectivity index (χ0v) is 11.1. The normalized spacial score (nSPS) is 10.2. The zero-order valence-electron chi connectivity index (χ0n) is 10.3. The number of carbonyl (C=O) groups is 1. The van der Waals surface area contributed by atoms with Crippen molar-refractivity contribution in [3.05, 3.63) is 28.8 Å². The van der Waals surface area contributed by atoms with Crippen molar-refractivity contribution in [1.82, 2.24) is 0 Å². The number of aryl methyl sites for hydroxylation is 2. The lowest BCUT2D eigenvalue weighted by Crippen LogP contribution is -2.06. The average molecular weight is 238 g/mol. The molecule has 1 rings (SSSR count). The van der Waals surface area contributed by atoms with E-state index >= 15 is 0 Å².